The number of likely N-dealkylation sites (N-methyl/N-ethyl adjacent to an activating group) is 1. The van der Waals surface area contributed by atoms with Crippen molar-refractivity contribution in [3.05, 3.63) is 42.5 Å². The van der Waals surface area contributed by atoms with Gasteiger partial charge in [-0.3, -0.25) is 0 Å². The van der Waals surface area contributed by atoms with Gasteiger partial charge in [0.15, 0.2) is 0 Å². The van der Waals surface area contributed by atoms with Crippen LogP contribution >= 0.6 is 0 Å². The van der Waals surface area contributed by atoms with Gasteiger partial charge in [-0.1, -0.05) is 30.3 Å². The van der Waals surface area contributed by atoms with E-state index in [0.717, 1.165) is 17.2 Å². The van der Waals surface area contributed by atoms with Gasteiger partial charge in [0.1, 0.15) is 0 Å². The van der Waals surface area contributed by atoms with E-state index < -0.39 is 10.0 Å². The molecule has 1 atom stereocenters. The van der Waals surface area contributed by atoms with E-state index in [1.807, 2.05) is 37.4 Å². The molecule has 1 saturated heterocycles. The highest BCUT2D eigenvalue weighted by Gasteiger charge is 2.31. The predicted octanol–water partition coefficient (Wildman–Crippen LogP) is 1.82. The van der Waals surface area contributed by atoms with Gasteiger partial charge >= 0.3 is 0 Å². The number of rotatable bonds is 3. The van der Waals surface area contributed by atoms with Crippen LogP contribution in [0, 0.1) is 0 Å². The first-order chi connectivity index (χ1) is 9.61. The molecule has 106 valence electrons. The Morgan fingerprint density at radius 3 is 2.60 bits per heavy atom. The first-order valence-electron chi connectivity index (χ1n) is 6.77. The maximum Gasteiger partial charge on any atom is 0.243 e. The van der Waals surface area contributed by atoms with E-state index in [9.17, 15) is 8.42 Å². The molecule has 1 aliphatic heterocycles. The summed E-state index contributed by atoms with van der Waals surface area (Å²) in [5, 5.41) is 5.15. The lowest BCUT2D eigenvalue weighted by Crippen LogP contribution is -2.33. The molecule has 5 heteroatoms. The van der Waals surface area contributed by atoms with Crippen molar-refractivity contribution in [3.63, 3.8) is 0 Å². The van der Waals surface area contributed by atoms with E-state index in [1.54, 1.807) is 16.4 Å². The lowest BCUT2D eigenvalue weighted by atomic mass is 10.1. The Bertz CT molecular complexity index is 727. The normalized spacial score (nSPS) is 20.6. The Morgan fingerprint density at radius 1 is 1.15 bits per heavy atom. The van der Waals surface area contributed by atoms with E-state index in [1.165, 1.54) is 0 Å². The molecule has 0 spiro atoms. The topological polar surface area (TPSA) is 49.4 Å². The molecule has 0 saturated carbocycles. The van der Waals surface area contributed by atoms with Gasteiger partial charge in [-0.15, -0.1) is 0 Å². The number of nitrogens with one attached hydrogen (secondary N) is 1. The Hall–Kier alpha value is -1.43. The smallest absolute Gasteiger partial charge is 0.243 e. The van der Waals surface area contributed by atoms with Crippen LogP contribution in [-0.2, 0) is 10.0 Å². The highest BCUT2D eigenvalue weighted by Crippen LogP contribution is 2.24. The van der Waals surface area contributed by atoms with Crippen LogP contribution in [0.4, 0.5) is 0 Å². The SMILES string of the molecule is CNC1CCN(S(=O)(=O)c2ccc3ccccc3c2)C1. The first kappa shape index (κ1) is 13.5. The minimum atomic E-state index is -3.38. The summed E-state index contributed by atoms with van der Waals surface area (Å²) in [6.45, 7) is 1.13. The van der Waals surface area contributed by atoms with Gasteiger partial charge in [-0.2, -0.15) is 4.31 Å². The molecule has 0 amide bonds. The molecule has 4 nitrogen and oxygen atoms in total. The van der Waals surface area contributed by atoms with Crippen molar-refractivity contribution in [2.45, 2.75) is 17.4 Å². The summed E-state index contributed by atoms with van der Waals surface area (Å²) in [4.78, 5) is 0.382. The summed E-state index contributed by atoms with van der Waals surface area (Å²) in [5.74, 6) is 0. The summed E-state index contributed by atoms with van der Waals surface area (Å²) in [7, 11) is -1.51. The zero-order valence-corrected chi connectivity index (χ0v) is 12.2. The zero-order valence-electron chi connectivity index (χ0n) is 11.4. The molecule has 1 unspecified atom stereocenters. The van der Waals surface area contributed by atoms with Crippen molar-refractivity contribution >= 4 is 20.8 Å². The molecule has 1 aliphatic rings. The molecule has 0 aromatic heterocycles. The second-order valence-electron chi connectivity index (χ2n) is 5.15. The van der Waals surface area contributed by atoms with E-state index in [4.69, 9.17) is 0 Å². The van der Waals surface area contributed by atoms with Crippen molar-refractivity contribution in [1.29, 1.82) is 0 Å². The summed E-state index contributed by atoms with van der Waals surface area (Å²) in [5.41, 5.74) is 0. The fraction of sp³-hybridized carbons (Fsp3) is 0.333. The third kappa shape index (κ3) is 2.32. The fourth-order valence-corrected chi connectivity index (χ4v) is 4.20. The van der Waals surface area contributed by atoms with Crippen LogP contribution < -0.4 is 5.32 Å². The molecule has 0 aliphatic carbocycles. The van der Waals surface area contributed by atoms with Gasteiger partial charge in [-0.25, -0.2) is 8.42 Å². The maximum atomic E-state index is 12.6. The summed E-state index contributed by atoms with van der Waals surface area (Å²) in [6, 6.07) is 13.4. The Kier molecular flexibility index (Phi) is 3.50. The van der Waals surface area contributed by atoms with Crippen LogP contribution in [-0.4, -0.2) is 38.9 Å². The van der Waals surface area contributed by atoms with Crippen LogP contribution in [0.2, 0.25) is 0 Å². The van der Waals surface area contributed by atoms with Crippen LogP contribution in [0.1, 0.15) is 6.42 Å². The molecule has 1 heterocycles. The second kappa shape index (κ2) is 5.16. The first-order valence-corrected chi connectivity index (χ1v) is 8.21. The molecule has 1 fully saturated rings. The third-order valence-corrected chi connectivity index (χ3v) is 5.78. The van der Waals surface area contributed by atoms with Crippen molar-refractivity contribution in [2.24, 2.45) is 0 Å². The number of benzene rings is 2. The fourth-order valence-electron chi connectivity index (χ4n) is 2.66. The van der Waals surface area contributed by atoms with Gasteiger partial charge in [0.05, 0.1) is 4.90 Å². The average molecular weight is 290 g/mol. The minimum absolute atomic E-state index is 0.255. The van der Waals surface area contributed by atoms with Gasteiger partial charge in [0, 0.05) is 19.1 Å². The highest BCUT2D eigenvalue weighted by molar-refractivity contribution is 7.89. The third-order valence-electron chi connectivity index (χ3n) is 3.92. The molecular formula is C15H18N2O2S. The molecule has 2 aromatic carbocycles. The molecule has 2 aromatic rings. The summed E-state index contributed by atoms with van der Waals surface area (Å²) < 4.78 is 26.8. The quantitative estimate of drug-likeness (QED) is 0.938. The second-order valence-corrected chi connectivity index (χ2v) is 7.08. The van der Waals surface area contributed by atoms with Crippen molar-refractivity contribution in [1.82, 2.24) is 9.62 Å². The summed E-state index contributed by atoms with van der Waals surface area (Å²) >= 11 is 0. The zero-order chi connectivity index (χ0) is 14.2. The van der Waals surface area contributed by atoms with Crippen molar-refractivity contribution < 1.29 is 8.42 Å². The van der Waals surface area contributed by atoms with Crippen molar-refractivity contribution in [3.8, 4) is 0 Å². The number of fused-ring (bicyclic) bond motifs is 1. The van der Waals surface area contributed by atoms with Crippen LogP contribution in [0.3, 0.4) is 0 Å². The number of nitrogens with zero attached hydrogens (tertiary/aromatic N) is 1. The van der Waals surface area contributed by atoms with E-state index >= 15 is 0 Å². The van der Waals surface area contributed by atoms with Crippen LogP contribution in [0.25, 0.3) is 10.8 Å². The molecule has 1 N–H and O–H groups in total. The van der Waals surface area contributed by atoms with Gasteiger partial charge in [-0.05, 0) is 36.4 Å². The Balaban J connectivity index is 1.97. The van der Waals surface area contributed by atoms with Crippen LogP contribution in [0.15, 0.2) is 47.4 Å². The van der Waals surface area contributed by atoms with Crippen molar-refractivity contribution in [2.75, 3.05) is 20.1 Å². The lowest BCUT2D eigenvalue weighted by molar-refractivity contribution is 0.464. The largest absolute Gasteiger partial charge is 0.316 e. The Labute approximate surface area is 119 Å². The standard InChI is InChI=1S/C15H18N2O2S/c1-16-14-8-9-17(11-14)20(18,19)15-7-6-12-4-2-3-5-13(12)10-15/h2-7,10,14,16H,8-9,11H2,1H3. The number of sulfonamides is 1. The molecule has 0 bridgehead atoms. The average Bonchev–Trinajstić information content (AvgIpc) is 2.96. The van der Waals surface area contributed by atoms with Gasteiger partial charge in [0.25, 0.3) is 0 Å². The molecule has 0 radical (unpaired) electrons. The maximum absolute atomic E-state index is 12.6. The molecule has 20 heavy (non-hydrogen) atoms. The minimum Gasteiger partial charge on any atom is -0.316 e. The Morgan fingerprint density at radius 2 is 1.90 bits per heavy atom. The molecular weight excluding hydrogens is 272 g/mol. The monoisotopic (exact) mass is 290 g/mol. The number of hydrogen-bond donors (Lipinski definition) is 1. The predicted molar refractivity (Wildman–Crippen MR) is 80.2 cm³/mol. The molecule has 3 rings (SSSR count). The van der Waals surface area contributed by atoms with E-state index in [0.29, 0.717) is 18.0 Å². The van der Waals surface area contributed by atoms with E-state index in [2.05, 4.69) is 5.32 Å². The van der Waals surface area contributed by atoms with E-state index in [-0.39, 0.29) is 6.04 Å². The van der Waals surface area contributed by atoms with Gasteiger partial charge < -0.3 is 5.32 Å². The lowest BCUT2D eigenvalue weighted by Gasteiger charge is -2.16. The summed E-state index contributed by atoms with van der Waals surface area (Å²) in [6.07, 6.45) is 0.864. The number of hydrogen-bond acceptors (Lipinski definition) is 3. The highest BCUT2D eigenvalue weighted by atomic mass is 32.2. The van der Waals surface area contributed by atoms with Crippen LogP contribution in [0.5, 0.6) is 0 Å². The van der Waals surface area contributed by atoms with Gasteiger partial charge in [0.2, 0.25) is 10.0 Å².